The Morgan fingerprint density at radius 1 is 1.53 bits per heavy atom. The predicted octanol–water partition coefficient (Wildman–Crippen LogP) is 2.34. The molecule has 0 bridgehead atoms. The first-order valence-electron chi connectivity index (χ1n) is 5.95. The van der Waals surface area contributed by atoms with Crippen LogP contribution in [0.15, 0.2) is 18.2 Å². The van der Waals surface area contributed by atoms with Crippen molar-refractivity contribution >= 4 is 11.8 Å². The Morgan fingerprint density at radius 2 is 2.26 bits per heavy atom. The van der Waals surface area contributed by atoms with E-state index in [2.05, 4.69) is 17.2 Å². The van der Waals surface area contributed by atoms with Crippen LogP contribution in [-0.2, 0) is 4.74 Å². The number of rotatable bonds is 3. The monoisotopic (exact) mass is 264 g/mol. The molecule has 1 aromatic carbocycles. The minimum absolute atomic E-state index is 0.168. The molecule has 1 aromatic rings. The van der Waals surface area contributed by atoms with E-state index in [1.54, 1.807) is 6.07 Å². The van der Waals surface area contributed by atoms with Crippen LogP contribution in [0.5, 0.6) is 0 Å². The smallest absolute Gasteiger partial charge is 0.411 e. The first-order valence-corrected chi connectivity index (χ1v) is 5.95. The van der Waals surface area contributed by atoms with E-state index in [0.29, 0.717) is 12.3 Å². The third kappa shape index (κ3) is 5.40. The zero-order chi connectivity index (χ0) is 14.3. The van der Waals surface area contributed by atoms with E-state index in [9.17, 15) is 9.18 Å². The molecular weight excluding hydrogens is 247 g/mol. The van der Waals surface area contributed by atoms with E-state index in [4.69, 9.17) is 10.5 Å². The molecule has 0 heterocycles. The van der Waals surface area contributed by atoms with Gasteiger partial charge in [-0.25, -0.2) is 9.18 Å². The molecule has 0 aliphatic heterocycles. The van der Waals surface area contributed by atoms with Gasteiger partial charge in [-0.05, 0) is 24.1 Å². The van der Waals surface area contributed by atoms with Crippen molar-refractivity contribution < 1.29 is 13.9 Å². The Kier molecular flexibility index (Phi) is 5.83. The number of carbonyl (C=O) groups excluding carboxylic acids is 1. The summed E-state index contributed by atoms with van der Waals surface area (Å²) in [5.41, 5.74) is 5.78. The highest BCUT2D eigenvalue weighted by atomic mass is 19.1. The fourth-order valence-corrected chi connectivity index (χ4v) is 1.24. The molecule has 0 fully saturated rings. The molecule has 19 heavy (non-hydrogen) atoms. The van der Waals surface area contributed by atoms with Crippen molar-refractivity contribution in [2.45, 2.75) is 13.8 Å². The molecule has 0 atom stereocenters. The van der Waals surface area contributed by atoms with Crippen molar-refractivity contribution in [2.24, 2.45) is 11.7 Å². The minimum Gasteiger partial charge on any atom is -0.449 e. The van der Waals surface area contributed by atoms with Gasteiger partial charge in [0, 0.05) is 5.69 Å². The van der Waals surface area contributed by atoms with Crippen LogP contribution in [-0.4, -0.2) is 19.2 Å². The molecule has 0 saturated heterocycles. The van der Waals surface area contributed by atoms with Crippen molar-refractivity contribution in [1.29, 1.82) is 0 Å². The van der Waals surface area contributed by atoms with Gasteiger partial charge < -0.3 is 10.5 Å². The van der Waals surface area contributed by atoms with Crippen molar-refractivity contribution in [1.82, 2.24) is 0 Å². The van der Waals surface area contributed by atoms with Gasteiger partial charge in [-0.1, -0.05) is 25.7 Å². The summed E-state index contributed by atoms with van der Waals surface area (Å²) in [5.74, 6) is 4.90. The van der Waals surface area contributed by atoms with Gasteiger partial charge in [-0.15, -0.1) is 0 Å². The molecule has 0 aliphatic carbocycles. The summed E-state index contributed by atoms with van der Waals surface area (Å²) in [7, 11) is 0. The van der Waals surface area contributed by atoms with Crippen LogP contribution in [0.25, 0.3) is 0 Å². The lowest BCUT2D eigenvalue weighted by Crippen LogP contribution is -2.16. The van der Waals surface area contributed by atoms with E-state index < -0.39 is 11.9 Å². The van der Waals surface area contributed by atoms with Crippen molar-refractivity contribution in [3.8, 4) is 11.8 Å². The van der Waals surface area contributed by atoms with E-state index >= 15 is 0 Å². The van der Waals surface area contributed by atoms with Crippen LogP contribution in [0, 0.1) is 23.6 Å². The van der Waals surface area contributed by atoms with E-state index in [1.807, 2.05) is 13.8 Å². The Morgan fingerprint density at radius 3 is 2.84 bits per heavy atom. The molecule has 0 radical (unpaired) electrons. The van der Waals surface area contributed by atoms with E-state index in [0.717, 1.165) is 0 Å². The number of halogens is 1. The number of nitrogens with one attached hydrogen (secondary N) is 1. The van der Waals surface area contributed by atoms with Crippen LogP contribution >= 0.6 is 0 Å². The summed E-state index contributed by atoms with van der Waals surface area (Å²) in [4.78, 5) is 11.4. The average molecular weight is 264 g/mol. The third-order valence-electron chi connectivity index (χ3n) is 2.09. The Hall–Kier alpha value is -2.06. The molecule has 102 valence electrons. The Labute approximate surface area is 112 Å². The largest absolute Gasteiger partial charge is 0.449 e. The molecule has 0 aromatic heterocycles. The fraction of sp³-hybridized carbons (Fsp3) is 0.357. The zero-order valence-electron chi connectivity index (χ0n) is 11.0. The minimum atomic E-state index is -0.603. The van der Waals surface area contributed by atoms with Gasteiger partial charge in [-0.3, -0.25) is 5.32 Å². The normalized spacial score (nSPS) is 9.74. The number of ether oxygens (including phenoxy) is 1. The van der Waals surface area contributed by atoms with Crippen LogP contribution in [0.3, 0.4) is 0 Å². The first-order chi connectivity index (χ1) is 9.02. The second-order valence-electron chi connectivity index (χ2n) is 4.32. The maximum Gasteiger partial charge on any atom is 0.411 e. The number of nitrogens with two attached hydrogens (primary N) is 1. The Bertz CT molecular complexity index is 504. The zero-order valence-corrected chi connectivity index (χ0v) is 11.0. The van der Waals surface area contributed by atoms with Crippen LogP contribution in [0.1, 0.15) is 19.4 Å². The number of hydrogen-bond acceptors (Lipinski definition) is 3. The van der Waals surface area contributed by atoms with Gasteiger partial charge >= 0.3 is 6.09 Å². The number of carbonyl (C=O) groups is 1. The lowest BCUT2D eigenvalue weighted by atomic mass is 10.2. The number of benzene rings is 1. The Balaban J connectivity index is 2.65. The molecule has 0 unspecified atom stereocenters. The SMILES string of the molecule is CC(C)COC(=O)Nc1ccc(C#CCN)c(F)c1. The van der Waals surface area contributed by atoms with Gasteiger partial charge in [0.25, 0.3) is 0 Å². The topological polar surface area (TPSA) is 64.3 Å². The second kappa shape index (κ2) is 7.39. The van der Waals surface area contributed by atoms with Crippen molar-refractivity contribution in [3.63, 3.8) is 0 Å². The van der Waals surface area contributed by atoms with E-state index in [1.165, 1.54) is 12.1 Å². The molecular formula is C14H17FN2O2. The molecule has 5 heteroatoms. The fourth-order valence-electron chi connectivity index (χ4n) is 1.24. The molecule has 3 N–H and O–H groups in total. The van der Waals surface area contributed by atoms with E-state index in [-0.39, 0.29) is 18.0 Å². The maximum absolute atomic E-state index is 13.6. The third-order valence-corrected chi connectivity index (χ3v) is 2.09. The summed E-state index contributed by atoms with van der Waals surface area (Å²) in [6.45, 7) is 4.34. The first kappa shape index (κ1) is 15.0. The lowest BCUT2D eigenvalue weighted by Gasteiger charge is -2.09. The summed E-state index contributed by atoms with van der Waals surface area (Å²) in [5, 5.41) is 2.45. The van der Waals surface area contributed by atoms with Crippen LogP contribution in [0.4, 0.5) is 14.9 Å². The number of anilines is 1. The maximum atomic E-state index is 13.6. The highest BCUT2D eigenvalue weighted by molar-refractivity contribution is 5.84. The average Bonchev–Trinajstić information content (AvgIpc) is 2.35. The second-order valence-corrected chi connectivity index (χ2v) is 4.32. The quantitative estimate of drug-likeness (QED) is 0.824. The molecule has 0 spiro atoms. The molecule has 1 rings (SSSR count). The van der Waals surface area contributed by atoms with Crippen molar-refractivity contribution in [2.75, 3.05) is 18.5 Å². The molecule has 0 aliphatic rings. The summed E-state index contributed by atoms with van der Waals surface area (Å²) >= 11 is 0. The van der Waals surface area contributed by atoms with Crippen LogP contribution in [0.2, 0.25) is 0 Å². The summed E-state index contributed by atoms with van der Waals surface area (Å²) < 4.78 is 18.5. The highest BCUT2D eigenvalue weighted by Gasteiger charge is 2.07. The number of hydrogen-bond donors (Lipinski definition) is 2. The molecule has 1 amide bonds. The highest BCUT2D eigenvalue weighted by Crippen LogP contribution is 2.14. The molecule has 0 saturated carbocycles. The van der Waals surface area contributed by atoms with Crippen LogP contribution < -0.4 is 11.1 Å². The summed E-state index contributed by atoms with van der Waals surface area (Å²) in [6, 6.07) is 4.23. The van der Waals surface area contributed by atoms with Gasteiger partial charge in [-0.2, -0.15) is 0 Å². The predicted molar refractivity (Wildman–Crippen MR) is 72.1 cm³/mol. The van der Waals surface area contributed by atoms with Gasteiger partial charge in [0.1, 0.15) is 5.82 Å². The van der Waals surface area contributed by atoms with Gasteiger partial charge in [0.2, 0.25) is 0 Å². The van der Waals surface area contributed by atoms with Gasteiger partial charge in [0.05, 0.1) is 18.7 Å². The standard InChI is InChI=1S/C14H17FN2O2/c1-10(2)9-19-14(18)17-12-6-5-11(4-3-7-16)13(15)8-12/h5-6,8,10H,7,9,16H2,1-2H3,(H,17,18). The number of amides is 1. The summed E-state index contributed by atoms with van der Waals surface area (Å²) in [6.07, 6.45) is -0.603. The van der Waals surface area contributed by atoms with Crippen molar-refractivity contribution in [3.05, 3.63) is 29.6 Å². The molecule has 4 nitrogen and oxygen atoms in total. The van der Waals surface area contributed by atoms with Gasteiger partial charge in [0.15, 0.2) is 0 Å². The lowest BCUT2D eigenvalue weighted by molar-refractivity contribution is 0.147.